The van der Waals surface area contributed by atoms with Gasteiger partial charge < -0.3 is 5.32 Å². The van der Waals surface area contributed by atoms with Gasteiger partial charge in [-0.2, -0.15) is 4.31 Å². The standard InChI is InChI=1S/C19H22N4O4S/c1-13-7-5-6-8-15(13)20-18(24)12-21(2)28(26,27)14-9-10-16-17(11-14)23(4)19(25)22(16)3/h5-11H,12H2,1-4H3,(H,20,24). The van der Waals surface area contributed by atoms with Gasteiger partial charge in [0.15, 0.2) is 0 Å². The van der Waals surface area contributed by atoms with Crippen LogP contribution in [-0.2, 0) is 28.9 Å². The average molecular weight is 402 g/mol. The number of aromatic nitrogens is 2. The summed E-state index contributed by atoms with van der Waals surface area (Å²) in [6, 6.07) is 11.7. The zero-order valence-electron chi connectivity index (χ0n) is 16.1. The summed E-state index contributed by atoms with van der Waals surface area (Å²) in [6.07, 6.45) is 0. The van der Waals surface area contributed by atoms with E-state index in [1.807, 2.05) is 19.1 Å². The van der Waals surface area contributed by atoms with E-state index >= 15 is 0 Å². The molecule has 0 unspecified atom stereocenters. The highest BCUT2D eigenvalue weighted by molar-refractivity contribution is 7.89. The molecular weight excluding hydrogens is 380 g/mol. The van der Waals surface area contributed by atoms with Crippen molar-refractivity contribution < 1.29 is 13.2 Å². The van der Waals surface area contributed by atoms with Crippen LogP contribution in [0, 0.1) is 6.92 Å². The maximum absolute atomic E-state index is 12.9. The highest BCUT2D eigenvalue weighted by Crippen LogP contribution is 2.20. The summed E-state index contributed by atoms with van der Waals surface area (Å²) in [6.45, 7) is 1.53. The van der Waals surface area contributed by atoms with E-state index in [-0.39, 0.29) is 17.1 Å². The van der Waals surface area contributed by atoms with Crippen LogP contribution in [-0.4, -0.2) is 41.4 Å². The minimum atomic E-state index is -3.90. The third-order valence-corrected chi connectivity index (χ3v) is 6.54. The fraction of sp³-hybridized carbons (Fsp3) is 0.263. The number of hydrogen-bond acceptors (Lipinski definition) is 4. The van der Waals surface area contributed by atoms with Crippen LogP contribution in [0.1, 0.15) is 5.56 Å². The van der Waals surface area contributed by atoms with Gasteiger partial charge in [-0.05, 0) is 36.8 Å². The molecule has 1 N–H and O–H groups in total. The number of nitrogens with one attached hydrogen (secondary N) is 1. The number of fused-ring (bicyclic) bond motifs is 1. The predicted octanol–water partition coefficient (Wildman–Crippen LogP) is 1.44. The minimum absolute atomic E-state index is 0.0207. The predicted molar refractivity (Wildman–Crippen MR) is 108 cm³/mol. The Morgan fingerprint density at radius 3 is 2.39 bits per heavy atom. The van der Waals surface area contributed by atoms with Crippen LogP contribution in [0.5, 0.6) is 0 Å². The lowest BCUT2D eigenvalue weighted by Gasteiger charge is -2.17. The molecule has 0 aliphatic heterocycles. The van der Waals surface area contributed by atoms with Crippen molar-refractivity contribution in [2.24, 2.45) is 14.1 Å². The normalized spacial score (nSPS) is 11.9. The lowest BCUT2D eigenvalue weighted by atomic mass is 10.2. The molecule has 0 radical (unpaired) electrons. The van der Waals surface area contributed by atoms with E-state index in [0.717, 1.165) is 9.87 Å². The lowest BCUT2D eigenvalue weighted by molar-refractivity contribution is -0.116. The zero-order valence-corrected chi connectivity index (χ0v) is 16.9. The second-order valence-electron chi connectivity index (χ2n) is 6.68. The molecular formula is C19H22N4O4S. The minimum Gasteiger partial charge on any atom is -0.325 e. The molecule has 0 aliphatic carbocycles. The Morgan fingerprint density at radius 1 is 1.07 bits per heavy atom. The van der Waals surface area contributed by atoms with Gasteiger partial charge in [-0.1, -0.05) is 18.2 Å². The summed E-state index contributed by atoms with van der Waals surface area (Å²) in [4.78, 5) is 24.4. The zero-order chi connectivity index (χ0) is 20.6. The Labute approximate surface area is 163 Å². The van der Waals surface area contributed by atoms with E-state index < -0.39 is 15.9 Å². The lowest BCUT2D eigenvalue weighted by Crippen LogP contribution is -2.35. The fourth-order valence-electron chi connectivity index (χ4n) is 3.02. The van der Waals surface area contributed by atoms with Crippen LogP contribution < -0.4 is 11.0 Å². The maximum atomic E-state index is 12.9. The molecule has 3 aromatic rings. The third-order valence-electron chi connectivity index (χ3n) is 4.74. The summed E-state index contributed by atoms with van der Waals surface area (Å²) in [7, 11) is 0.657. The van der Waals surface area contributed by atoms with E-state index in [2.05, 4.69) is 5.32 Å². The summed E-state index contributed by atoms with van der Waals surface area (Å²) in [5, 5.41) is 2.72. The number of para-hydroxylation sites is 1. The molecule has 0 saturated heterocycles. The molecule has 0 saturated carbocycles. The molecule has 1 aromatic heterocycles. The van der Waals surface area contributed by atoms with E-state index in [0.29, 0.717) is 16.7 Å². The van der Waals surface area contributed by atoms with Crippen LogP contribution in [0.4, 0.5) is 5.69 Å². The number of aryl methyl sites for hydroxylation is 3. The number of benzene rings is 2. The second-order valence-corrected chi connectivity index (χ2v) is 8.72. The monoisotopic (exact) mass is 402 g/mol. The van der Waals surface area contributed by atoms with Crippen molar-refractivity contribution in [3.63, 3.8) is 0 Å². The van der Waals surface area contributed by atoms with Gasteiger partial charge in [0.25, 0.3) is 0 Å². The number of carbonyl (C=O) groups excluding carboxylic acids is 1. The highest BCUT2D eigenvalue weighted by Gasteiger charge is 2.24. The molecule has 0 fully saturated rings. The number of sulfonamides is 1. The van der Waals surface area contributed by atoms with Gasteiger partial charge in [-0.3, -0.25) is 13.9 Å². The largest absolute Gasteiger partial charge is 0.328 e. The van der Waals surface area contributed by atoms with E-state index in [9.17, 15) is 18.0 Å². The SMILES string of the molecule is Cc1ccccc1NC(=O)CN(C)S(=O)(=O)c1ccc2c(c1)n(C)c(=O)n2C. The van der Waals surface area contributed by atoms with Gasteiger partial charge in [-0.15, -0.1) is 0 Å². The number of hydrogen-bond donors (Lipinski definition) is 1. The van der Waals surface area contributed by atoms with Crippen molar-refractivity contribution in [2.75, 3.05) is 18.9 Å². The van der Waals surface area contributed by atoms with Gasteiger partial charge >= 0.3 is 5.69 Å². The highest BCUT2D eigenvalue weighted by atomic mass is 32.2. The van der Waals surface area contributed by atoms with Gasteiger partial charge in [0.05, 0.1) is 22.5 Å². The van der Waals surface area contributed by atoms with E-state index in [1.165, 1.54) is 28.3 Å². The van der Waals surface area contributed by atoms with Crippen molar-refractivity contribution in [2.45, 2.75) is 11.8 Å². The molecule has 3 rings (SSSR count). The Kier molecular flexibility index (Phi) is 5.14. The van der Waals surface area contributed by atoms with Crippen LogP contribution in [0.15, 0.2) is 52.2 Å². The number of anilines is 1. The van der Waals surface area contributed by atoms with E-state index in [1.54, 1.807) is 32.3 Å². The first-order chi connectivity index (χ1) is 13.1. The smallest absolute Gasteiger partial charge is 0.325 e. The van der Waals surface area contributed by atoms with Crippen molar-refractivity contribution in [3.8, 4) is 0 Å². The molecule has 1 heterocycles. The van der Waals surface area contributed by atoms with Gasteiger partial charge in [0.2, 0.25) is 15.9 Å². The summed E-state index contributed by atoms with van der Waals surface area (Å²) in [5.74, 6) is -0.437. The Hall–Kier alpha value is -2.91. The van der Waals surface area contributed by atoms with Gasteiger partial charge in [0.1, 0.15) is 0 Å². The molecule has 148 valence electrons. The molecule has 0 spiro atoms. The third kappa shape index (κ3) is 3.46. The molecule has 28 heavy (non-hydrogen) atoms. The van der Waals surface area contributed by atoms with Crippen molar-refractivity contribution in [3.05, 3.63) is 58.5 Å². The fourth-order valence-corrected chi connectivity index (χ4v) is 4.16. The van der Waals surface area contributed by atoms with Crippen LogP contribution in [0.3, 0.4) is 0 Å². The number of likely N-dealkylation sites (N-methyl/N-ethyl adjacent to an activating group) is 1. The molecule has 0 aliphatic rings. The van der Waals surface area contributed by atoms with Gasteiger partial charge in [-0.25, -0.2) is 13.2 Å². The summed E-state index contributed by atoms with van der Waals surface area (Å²) in [5.41, 5.74) is 2.42. The first-order valence-electron chi connectivity index (χ1n) is 8.60. The molecule has 0 bridgehead atoms. The molecule has 9 heteroatoms. The second kappa shape index (κ2) is 7.25. The summed E-state index contributed by atoms with van der Waals surface area (Å²) >= 11 is 0. The number of nitrogens with zero attached hydrogens (tertiary/aromatic N) is 3. The topological polar surface area (TPSA) is 93.4 Å². The average Bonchev–Trinajstić information content (AvgIpc) is 2.87. The number of imidazole rings is 1. The molecule has 2 aromatic carbocycles. The maximum Gasteiger partial charge on any atom is 0.328 e. The van der Waals surface area contributed by atoms with Crippen molar-refractivity contribution in [1.29, 1.82) is 0 Å². The number of carbonyl (C=O) groups is 1. The quantitative estimate of drug-likeness (QED) is 0.699. The van der Waals surface area contributed by atoms with Gasteiger partial charge in [0, 0.05) is 26.8 Å². The van der Waals surface area contributed by atoms with E-state index in [4.69, 9.17) is 0 Å². The Bertz CT molecular complexity index is 1220. The first-order valence-corrected chi connectivity index (χ1v) is 10.0. The molecule has 8 nitrogen and oxygen atoms in total. The molecule has 0 atom stereocenters. The number of rotatable bonds is 5. The van der Waals surface area contributed by atoms with Crippen LogP contribution >= 0.6 is 0 Å². The van der Waals surface area contributed by atoms with Crippen LogP contribution in [0.25, 0.3) is 11.0 Å². The molecule has 1 amide bonds. The summed E-state index contributed by atoms with van der Waals surface area (Å²) < 4.78 is 29.6. The van der Waals surface area contributed by atoms with Crippen molar-refractivity contribution in [1.82, 2.24) is 13.4 Å². The number of amides is 1. The van der Waals surface area contributed by atoms with Crippen molar-refractivity contribution >= 4 is 32.7 Å². The first kappa shape index (κ1) is 19.8. The Balaban J connectivity index is 1.85. The Morgan fingerprint density at radius 2 is 1.71 bits per heavy atom. The van der Waals surface area contributed by atoms with Crippen LogP contribution in [0.2, 0.25) is 0 Å².